The van der Waals surface area contributed by atoms with Crippen molar-refractivity contribution in [1.29, 1.82) is 0 Å². The average molecular weight is 297 g/mol. The third kappa shape index (κ3) is 2.47. The summed E-state index contributed by atoms with van der Waals surface area (Å²) in [5.74, 6) is 1.50. The summed E-state index contributed by atoms with van der Waals surface area (Å²) in [6.07, 6.45) is 1.44. The van der Waals surface area contributed by atoms with Gasteiger partial charge < -0.3 is 10.5 Å². The number of nitrogen functional groups attached to an aromatic ring is 1. The van der Waals surface area contributed by atoms with Crippen molar-refractivity contribution >= 4 is 16.9 Å². The van der Waals surface area contributed by atoms with Gasteiger partial charge in [-0.15, -0.1) is 5.10 Å². The molecule has 0 amide bonds. The molecule has 0 radical (unpaired) electrons. The van der Waals surface area contributed by atoms with E-state index in [9.17, 15) is 0 Å². The van der Waals surface area contributed by atoms with Crippen LogP contribution >= 0.6 is 0 Å². The van der Waals surface area contributed by atoms with Crippen molar-refractivity contribution < 1.29 is 4.74 Å². The van der Waals surface area contributed by atoms with Gasteiger partial charge in [0.05, 0.1) is 5.54 Å². The summed E-state index contributed by atoms with van der Waals surface area (Å²) in [5, 5.41) is 5.20. The van der Waals surface area contributed by atoms with E-state index in [0.717, 1.165) is 5.56 Å². The molecule has 0 fully saturated rings. The maximum absolute atomic E-state index is 6.01. The summed E-state index contributed by atoms with van der Waals surface area (Å²) in [6, 6.07) is 7.78. The molecule has 0 aliphatic carbocycles. The standard InChI is InChI=1S/C16H19N5O/c1-10-6-5-7-11(8-10)22-15-12-13(17)18-9-19-14(12)21(20-15)16(2,3)4/h5-9H,1-4H3,(H2,17,18,19). The van der Waals surface area contributed by atoms with Gasteiger partial charge in [-0.1, -0.05) is 12.1 Å². The predicted molar refractivity (Wildman–Crippen MR) is 86.0 cm³/mol. The Kier molecular flexibility index (Phi) is 3.24. The Hall–Kier alpha value is -2.63. The second-order valence-electron chi connectivity index (χ2n) is 6.26. The molecule has 0 unspecified atom stereocenters. The van der Waals surface area contributed by atoms with E-state index in [1.165, 1.54) is 6.33 Å². The van der Waals surface area contributed by atoms with Gasteiger partial charge in [0.15, 0.2) is 5.65 Å². The zero-order valence-electron chi connectivity index (χ0n) is 13.2. The first-order valence-corrected chi connectivity index (χ1v) is 7.10. The Morgan fingerprint density at radius 2 is 1.95 bits per heavy atom. The highest BCUT2D eigenvalue weighted by molar-refractivity contribution is 5.91. The largest absolute Gasteiger partial charge is 0.437 e. The maximum atomic E-state index is 6.01. The van der Waals surface area contributed by atoms with E-state index in [2.05, 4.69) is 15.1 Å². The first-order chi connectivity index (χ1) is 10.4. The molecule has 6 heteroatoms. The van der Waals surface area contributed by atoms with E-state index >= 15 is 0 Å². The van der Waals surface area contributed by atoms with Gasteiger partial charge in [-0.2, -0.15) is 0 Å². The number of aryl methyl sites for hydroxylation is 1. The van der Waals surface area contributed by atoms with Gasteiger partial charge in [0.1, 0.15) is 23.3 Å². The van der Waals surface area contributed by atoms with Crippen molar-refractivity contribution in [2.45, 2.75) is 33.2 Å². The first kappa shape index (κ1) is 14.3. The molecule has 2 aromatic heterocycles. The molecule has 6 nitrogen and oxygen atoms in total. The Balaban J connectivity index is 2.17. The number of hydrogen-bond donors (Lipinski definition) is 1. The molecule has 0 bridgehead atoms. The number of fused-ring (bicyclic) bond motifs is 1. The van der Waals surface area contributed by atoms with Gasteiger partial charge in [0, 0.05) is 0 Å². The second-order valence-corrected chi connectivity index (χ2v) is 6.26. The number of anilines is 1. The lowest BCUT2D eigenvalue weighted by atomic mass is 10.1. The number of hydrogen-bond acceptors (Lipinski definition) is 5. The zero-order valence-corrected chi connectivity index (χ0v) is 13.2. The SMILES string of the molecule is Cc1cccc(Oc2nn(C(C)(C)C)c3ncnc(N)c23)c1. The van der Waals surface area contributed by atoms with E-state index in [4.69, 9.17) is 10.5 Å². The van der Waals surface area contributed by atoms with Gasteiger partial charge in [-0.05, 0) is 45.4 Å². The minimum absolute atomic E-state index is 0.243. The molecular weight excluding hydrogens is 278 g/mol. The number of aromatic nitrogens is 4. The zero-order chi connectivity index (χ0) is 15.9. The molecule has 114 valence electrons. The van der Waals surface area contributed by atoms with E-state index in [0.29, 0.717) is 28.5 Å². The van der Waals surface area contributed by atoms with E-state index < -0.39 is 0 Å². The Labute approximate surface area is 128 Å². The Morgan fingerprint density at radius 3 is 2.64 bits per heavy atom. The number of nitrogens with zero attached hydrogens (tertiary/aromatic N) is 4. The average Bonchev–Trinajstić information content (AvgIpc) is 2.79. The van der Waals surface area contributed by atoms with E-state index in [-0.39, 0.29) is 5.54 Å². The van der Waals surface area contributed by atoms with Crippen LogP contribution in [-0.2, 0) is 5.54 Å². The summed E-state index contributed by atoms with van der Waals surface area (Å²) in [6.45, 7) is 8.16. The molecule has 0 aliphatic heterocycles. The smallest absolute Gasteiger partial charge is 0.251 e. The minimum atomic E-state index is -0.243. The fourth-order valence-electron chi connectivity index (χ4n) is 2.27. The van der Waals surface area contributed by atoms with Crippen molar-refractivity contribution in [1.82, 2.24) is 19.7 Å². The fraction of sp³-hybridized carbons (Fsp3) is 0.312. The molecule has 0 spiro atoms. The van der Waals surface area contributed by atoms with Crippen LogP contribution in [0.25, 0.3) is 11.0 Å². The highest BCUT2D eigenvalue weighted by Gasteiger charge is 2.24. The number of ether oxygens (including phenoxy) is 1. The predicted octanol–water partition coefficient (Wildman–Crippen LogP) is 3.26. The van der Waals surface area contributed by atoms with Crippen LogP contribution < -0.4 is 10.5 Å². The van der Waals surface area contributed by atoms with Crippen molar-refractivity contribution in [3.63, 3.8) is 0 Å². The summed E-state index contributed by atoms with van der Waals surface area (Å²) < 4.78 is 7.75. The normalized spacial score (nSPS) is 11.8. The quantitative estimate of drug-likeness (QED) is 0.785. The lowest BCUT2D eigenvalue weighted by Crippen LogP contribution is -2.23. The van der Waals surface area contributed by atoms with Crippen LogP contribution in [-0.4, -0.2) is 19.7 Å². The molecule has 1 aromatic carbocycles. The molecule has 3 aromatic rings. The number of benzene rings is 1. The van der Waals surface area contributed by atoms with Gasteiger partial charge >= 0.3 is 0 Å². The van der Waals surface area contributed by atoms with Crippen LogP contribution in [0.5, 0.6) is 11.6 Å². The molecular formula is C16H19N5O. The molecule has 0 saturated carbocycles. The third-order valence-corrected chi connectivity index (χ3v) is 3.30. The molecule has 2 heterocycles. The highest BCUT2D eigenvalue weighted by Crippen LogP contribution is 2.33. The van der Waals surface area contributed by atoms with Gasteiger partial charge in [-0.25, -0.2) is 14.6 Å². The van der Waals surface area contributed by atoms with Crippen LogP contribution in [0.3, 0.4) is 0 Å². The van der Waals surface area contributed by atoms with Crippen molar-refractivity contribution in [3.05, 3.63) is 36.2 Å². The maximum Gasteiger partial charge on any atom is 0.251 e. The Bertz CT molecular complexity index is 832. The topological polar surface area (TPSA) is 78.8 Å². The van der Waals surface area contributed by atoms with Crippen LogP contribution in [0.4, 0.5) is 5.82 Å². The first-order valence-electron chi connectivity index (χ1n) is 7.10. The molecule has 0 aliphatic rings. The van der Waals surface area contributed by atoms with Crippen LogP contribution in [0.15, 0.2) is 30.6 Å². The van der Waals surface area contributed by atoms with E-state index in [1.807, 2.05) is 56.6 Å². The summed E-state index contributed by atoms with van der Waals surface area (Å²) in [5.41, 5.74) is 7.55. The van der Waals surface area contributed by atoms with Gasteiger partial charge in [0.2, 0.25) is 0 Å². The monoisotopic (exact) mass is 297 g/mol. The van der Waals surface area contributed by atoms with Crippen molar-refractivity contribution in [2.24, 2.45) is 0 Å². The molecule has 0 saturated heterocycles. The van der Waals surface area contributed by atoms with Gasteiger partial charge in [-0.3, -0.25) is 0 Å². The third-order valence-electron chi connectivity index (χ3n) is 3.30. The lowest BCUT2D eigenvalue weighted by Gasteiger charge is -2.19. The fourth-order valence-corrected chi connectivity index (χ4v) is 2.27. The molecule has 3 rings (SSSR count). The summed E-state index contributed by atoms with van der Waals surface area (Å²) >= 11 is 0. The minimum Gasteiger partial charge on any atom is -0.437 e. The number of rotatable bonds is 2. The van der Waals surface area contributed by atoms with Crippen molar-refractivity contribution in [2.75, 3.05) is 5.73 Å². The van der Waals surface area contributed by atoms with Crippen LogP contribution in [0.2, 0.25) is 0 Å². The summed E-state index contributed by atoms with van der Waals surface area (Å²) in [7, 11) is 0. The second kappa shape index (κ2) is 4.98. The van der Waals surface area contributed by atoms with Crippen molar-refractivity contribution in [3.8, 4) is 11.6 Å². The molecule has 0 atom stereocenters. The lowest BCUT2D eigenvalue weighted by molar-refractivity contribution is 0.349. The summed E-state index contributed by atoms with van der Waals surface area (Å²) in [4.78, 5) is 8.37. The van der Waals surface area contributed by atoms with E-state index in [1.54, 1.807) is 0 Å². The molecule has 2 N–H and O–H groups in total. The Morgan fingerprint density at radius 1 is 1.18 bits per heavy atom. The van der Waals surface area contributed by atoms with Crippen LogP contribution in [0.1, 0.15) is 26.3 Å². The van der Waals surface area contributed by atoms with Gasteiger partial charge in [0.25, 0.3) is 5.88 Å². The molecule has 22 heavy (non-hydrogen) atoms. The van der Waals surface area contributed by atoms with Crippen LogP contribution in [0, 0.1) is 6.92 Å². The number of nitrogens with two attached hydrogens (primary N) is 1. The highest BCUT2D eigenvalue weighted by atomic mass is 16.5.